The molecule has 1 atom stereocenters. The molecule has 3 amide bonds. The van der Waals surface area contributed by atoms with Crippen LogP contribution in [0.15, 0.2) is 18.2 Å². The summed E-state index contributed by atoms with van der Waals surface area (Å²) in [5.41, 5.74) is 0.908. The molecule has 0 bridgehead atoms. The number of amides is 3. The van der Waals surface area contributed by atoms with Crippen molar-refractivity contribution in [3.05, 3.63) is 29.3 Å². The Morgan fingerprint density at radius 1 is 1.37 bits per heavy atom. The van der Waals surface area contributed by atoms with Gasteiger partial charge in [0.1, 0.15) is 5.92 Å². The van der Waals surface area contributed by atoms with Gasteiger partial charge in [-0.1, -0.05) is 6.92 Å². The Labute approximate surface area is 109 Å². The smallest absolute Gasteiger partial charge is 0.259 e. The third kappa shape index (κ3) is 2.31. The molecule has 0 spiro atoms. The van der Waals surface area contributed by atoms with Crippen LogP contribution in [-0.2, 0) is 4.79 Å². The summed E-state index contributed by atoms with van der Waals surface area (Å²) in [4.78, 5) is 34.5. The molecular formula is C13H11N3O3. The maximum Gasteiger partial charge on any atom is 0.259 e. The van der Waals surface area contributed by atoms with Crippen molar-refractivity contribution in [2.45, 2.75) is 13.3 Å². The number of nitrogens with zero attached hydrogens (tertiary/aromatic N) is 1. The standard InChI is InChI=1S/C13H11N3O3/c1-2-7(6-14)11(17)15-8-3-4-9-10(5-8)13(19)16-12(9)18/h3-5,7H,2H2,1H3,(H,15,17)(H,16,18,19). The van der Waals surface area contributed by atoms with Gasteiger partial charge in [-0.05, 0) is 24.6 Å². The van der Waals surface area contributed by atoms with Crippen molar-refractivity contribution in [3.63, 3.8) is 0 Å². The third-order valence-electron chi connectivity index (χ3n) is 2.88. The second-order valence-corrected chi connectivity index (χ2v) is 4.12. The Morgan fingerprint density at radius 3 is 2.68 bits per heavy atom. The Bertz CT molecular complexity index is 616. The summed E-state index contributed by atoms with van der Waals surface area (Å²) in [6.07, 6.45) is 0.409. The van der Waals surface area contributed by atoms with Crippen LogP contribution in [0.1, 0.15) is 34.1 Å². The molecule has 0 aromatic heterocycles. The van der Waals surface area contributed by atoms with Gasteiger partial charge >= 0.3 is 0 Å². The highest BCUT2D eigenvalue weighted by Crippen LogP contribution is 2.20. The Hall–Kier alpha value is -2.68. The van der Waals surface area contributed by atoms with Crippen LogP contribution >= 0.6 is 0 Å². The van der Waals surface area contributed by atoms with Crippen LogP contribution in [0.25, 0.3) is 0 Å². The molecule has 96 valence electrons. The molecule has 0 radical (unpaired) electrons. The summed E-state index contributed by atoms with van der Waals surface area (Å²) in [6.45, 7) is 1.74. The summed E-state index contributed by atoms with van der Waals surface area (Å²) in [5.74, 6) is -2.08. The first-order valence-corrected chi connectivity index (χ1v) is 5.77. The maximum atomic E-state index is 11.7. The van der Waals surface area contributed by atoms with Crippen LogP contribution < -0.4 is 10.6 Å². The van der Waals surface area contributed by atoms with Gasteiger partial charge in [-0.25, -0.2) is 0 Å². The minimum Gasteiger partial charge on any atom is -0.325 e. The van der Waals surface area contributed by atoms with E-state index in [0.29, 0.717) is 12.1 Å². The first kappa shape index (κ1) is 12.8. The van der Waals surface area contributed by atoms with Gasteiger partial charge in [0.15, 0.2) is 0 Å². The molecule has 1 aromatic carbocycles. The summed E-state index contributed by atoms with van der Waals surface area (Å²) < 4.78 is 0. The fourth-order valence-corrected chi connectivity index (χ4v) is 1.81. The molecule has 2 N–H and O–H groups in total. The molecule has 0 fully saturated rings. The fraction of sp³-hybridized carbons (Fsp3) is 0.231. The van der Waals surface area contributed by atoms with E-state index in [-0.39, 0.29) is 11.1 Å². The largest absolute Gasteiger partial charge is 0.325 e. The summed E-state index contributed by atoms with van der Waals surface area (Å²) in [7, 11) is 0. The molecular weight excluding hydrogens is 246 g/mol. The van der Waals surface area contributed by atoms with Crippen molar-refractivity contribution in [2.24, 2.45) is 5.92 Å². The van der Waals surface area contributed by atoms with E-state index in [9.17, 15) is 14.4 Å². The summed E-state index contributed by atoms with van der Waals surface area (Å²) in [5, 5.41) is 13.5. The SMILES string of the molecule is CCC(C#N)C(=O)Nc1ccc2c(c1)C(=O)NC2=O. The molecule has 1 aliphatic heterocycles. The number of nitrogens with one attached hydrogen (secondary N) is 2. The van der Waals surface area contributed by atoms with Gasteiger partial charge in [0.05, 0.1) is 17.2 Å². The lowest BCUT2D eigenvalue weighted by Gasteiger charge is -2.08. The highest BCUT2D eigenvalue weighted by molar-refractivity contribution is 6.22. The number of nitriles is 1. The Morgan fingerprint density at radius 2 is 2.05 bits per heavy atom. The van der Waals surface area contributed by atoms with E-state index in [0.717, 1.165) is 0 Å². The lowest BCUT2D eigenvalue weighted by atomic mass is 10.1. The van der Waals surface area contributed by atoms with Crippen molar-refractivity contribution in [2.75, 3.05) is 5.32 Å². The highest BCUT2D eigenvalue weighted by atomic mass is 16.2. The topological polar surface area (TPSA) is 99.1 Å². The van der Waals surface area contributed by atoms with Crippen LogP contribution in [0.3, 0.4) is 0 Å². The molecule has 19 heavy (non-hydrogen) atoms. The van der Waals surface area contributed by atoms with Gasteiger partial charge < -0.3 is 5.32 Å². The number of anilines is 1. The molecule has 2 rings (SSSR count). The average molecular weight is 257 g/mol. The zero-order chi connectivity index (χ0) is 14.0. The minimum atomic E-state index is -0.733. The minimum absolute atomic E-state index is 0.229. The first-order valence-electron chi connectivity index (χ1n) is 5.77. The van der Waals surface area contributed by atoms with Crippen molar-refractivity contribution >= 4 is 23.4 Å². The van der Waals surface area contributed by atoms with Gasteiger partial charge in [-0.15, -0.1) is 0 Å². The summed E-state index contributed by atoms with van der Waals surface area (Å²) in [6, 6.07) is 6.32. The quantitative estimate of drug-likeness (QED) is 0.791. The second kappa shape index (κ2) is 4.90. The molecule has 6 nitrogen and oxygen atoms in total. The molecule has 1 aliphatic rings. The van der Waals surface area contributed by atoms with Crippen molar-refractivity contribution in [3.8, 4) is 6.07 Å². The first-order chi connectivity index (χ1) is 9.06. The van der Waals surface area contributed by atoms with Gasteiger partial charge in [-0.3, -0.25) is 19.7 Å². The van der Waals surface area contributed by atoms with Gasteiger partial charge in [-0.2, -0.15) is 5.26 Å². The number of rotatable bonds is 3. The summed E-state index contributed by atoms with van der Waals surface area (Å²) >= 11 is 0. The second-order valence-electron chi connectivity index (χ2n) is 4.12. The number of hydrogen-bond donors (Lipinski definition) is 2. The number of benzene rings is 1. The zero-order valence-electron chi connectivity index (χ0n) is 10.2. The van der Waals surface area contributed by atoms with Crippen LogP contribution in [0.4, 0.5) is 5.69 Å². The van der Waals surface area contributed by atoms with E-state index in [1.807, 2.05) is 6.07 Å². The molecule has 1 heterocycles. The normalized spacial score (nSPS) is 14.3. The maximum absolute atomic E-state index is 11.7. The van der Waals surface area contributed by atoms with Crippen molar-refractivity contribution in [1.29, 1.82) is 5.26 Å². The van der Waals surface area contributed by atoms with E-state index in [1.54, 1.807) is 6.92 Å². The van der Waals surface area contributed by atoms with Crippen molar-refractivity contribution < 1.29 is 14.4 Å². The Kier molecular flexibility index (Phi) is 3.29. The molecule has 0 saturated carbocycles. The molecule has 0 saturated heterocycles. The van der Waals surface area contributed by atoms with Crippen molar-refractivity contribution in [1.82, 2.24) is 5.32 Å². The van der Waals surface area contributed by atoms with E-state index >= 15 is 0 Å². The van der Waals surface area contributed by atoms with E-state index in [4.69, 9.17) is 5.26 Å². The lowest BCUT2D eigenvalue weighted by Crippen LogP contribution is -2.21. The van der Waals surface area contributed by atoms with Gasteiger partial charge in [0.25, 0.3) is 11.8 Å². The van der Waals surface area contributed by atoms with E-state index in [1.165, 1.54) is 18.2 Å². The Balaban J connectivity index is 2.23. The predicted molar refractivity (Wildman–Crippen MR) is 66.3 cm³/mol. The zero-order valence-corrected chi connectivity index (χ0v) is 10.2. The highest BCUT2D eigenvalue weighted by Gasteiger charge is 2.27. The van der Waals surface area contributed by atoms with Gasteiger partial charge in [0.2, 0.25) is 5.91 Å². The predicted octanol–water partition coefficient (Wildman–Crippen LogP) is 1.06. The molecule has 6 heteroatoms. The van der Waals surface area contributed by atoms with Gasteiger partial charge in [0, 0.05) is 5.69 Å². The number of imide groups is 1. The van der Waals surface area contributed by atoms with Crippen LogP contribution in [0.5, 0.6) is 0 Å². The number of fused-ring (bicyclic) bond motifs is 1. The molecule has 1 unspecified atom stereocenters. The lowest BCUT2D eigenvalue weighted by molar-refractivity contribution is -0.118. The van der Waals surface area contributed by atoms with Crippen LogP contribution in [0, 0.1) is 17.2 Å². The molecule has 0 aliphatic carbocycles. The van der Waals surface area contributed by atoms with Crippen LogP contribution in [-0.4, -0.2) is 17.7 Å². The van der Waals surface area contributed by atoms with Crippen LogP contribution in [0.2, 0.25) is 0 Å². The van der Waals surface area contributed by atoms with E-state index < -0.39 is 23.6 Å². The molecule has 1 aromatic rings. The fourth-order valence-electron chi connectivity index (χ4n) is 1.81. The van der Waals surface area contributed by atoms with E-state index in [2.05, 4.69) is 10.6 Å². The number of carbonyl (C=O) groups excluding carboxylic acids is 3. The average Bonchev–Trinajstić information content (AvgIpc) is 2.66. The third-order valence-corrected chi connectivity index (χ3v) is 2.88. The number of hydrogen-bond acceptors (Lipinski definition) is 4. The number of carbonyl (C=O) groups is 3. The monoisotopic (exact) mass is 257 g/mol.